The Balaban J connectivity index is 1.86. The first-order chi connectivity index (χ1) is 8.72. The van der Waals surface area contributed by atoms with Gasteiger partial charge in [0.25, 0.3) is 0 Å². The number of rotatable bonds is 2. The van der Waals surface area contributed by atoms with Crippen LogP contribution in [0.2, 0.25) is 0 Å². The van der Waals surface area contributed by atoms with Gasteiger partial charge >= 0.3 is 0 Å². The van der Waals surface area contributed by atoms with Crippen molar-refractivity contribution in [1.82, 2.24) is 4.98 Å². The van der Waals surface area contributed by atoms with Crippen molar-refractivity contribution >= 4 is 5.82 Å². The first-order valence-corrected chi connectivity index (χ1v) is 6.21. The van der Waals surface area contributed by atoms with E-state index in [0.717, 1.165) is 12.8 Å². The highest BCUT2D eigenvalue weighted by Crippen LogP contribution is 2.33. The number of benzene rings is 1. The first kappa shape index (κ1) is 11.2. The third-order valence-electron chi connectivity index (χ3n) is 3.42. The summed E-state index contributed by atoms with van der Waals surface area (Å²) >= 11 is 0. The van der Waals surface area contributed by atoms with Crippen LogP contribution in [-0.4, -0.2) is 4.98 Å². The number of fused-ring (bicyclic) bond motifs is 1. The van der Waals surface area contributed by atoms with Crippen LogP contribution < -0.4 is 5.32 Å². The number of aryl methyl sites for hydroxylation is 2. The summed E-state index contributed by atoms with van der Waals surface area (Å²) in [4.78, 5) is 3.85. The van der Waals surface area contributed by atoms with E-state index in [9.17, 15) is 4.39 Å². The summed E-state index contributed by atoms with van der Waals surface area (Å²) in [7, 11) is 0. The maximum Gasteiger partial charge on any atom is 0.214 e. The van der Waals surface area contributed by atoms with Gasteiger partial charge in [0.15, 0.2) is 0 Å². The zero-order chi connectivity index (χ0) is 12.5. The second kappa shape index (κ2) is 4.41. The Morgan fingerprint density at radius 2 is 2.17 bits per heavy atom. The largest absolute Gasteiger partial charge is 0.363 e. The molecule has 0 saturated carbocycles. The lowest BCUT2D eigenvalue weighted by Crippen LogP contribution is -2.08. The van der Waals surface area contributed by atoms with E-state index in [-0.39, 0.29) is 6.04 Å². The molecule has 1 N–H and O–H groups in total. The molecule has 18 heavy (non-hydrogen) atoms. The lowest BCUT2D eigenvalue weighted by atomic mass is 10.1. The van der Waals surface area contributed by atoms with Crippen molar-refractivity contribution in [2.75, 3.05) is 5.32 Å². The minimum absolute atomic E-state index is 0.245. The zero-order valence-corrected chi connectivity index (χ0v) is 10.3. The molecular weight excluding hydrogens is 227 g/mol. The summed E-state index contributed by atoms with van der Waals surface area (Å²) in [6.45, 7) is 2.09. The van der Waals surface area contributed by atoms with Gasteiger partial charge in [0.1, 0.15) is 5.82 Å². The maximum atomic E-state index is 13.1. The SMILES string of the molecule is Cc1ccc2c(c1)C(Nc1cccc(F)n1)CC2. The summed E-state index contributed by atoms with van der Waals surface area (Å²) in [5.74, 6) is 0.164. The molecule has 1 atom stereocenters. The number of pyridine rings is 1. The van der Waals surface area contributed by atoms with Gasteiger partial charge < -0.3 is 5.32 Å². The van der Waals surface area contributed by atoms with Crippen molar-refractivity contribution < 1.29 is 4.39 Å². The Hall–Kier alpha value is -1.90. The number of anilines is 1. The van der Waals surface area contributed by atoms with Gasteiger partial charge in [0.2, 0.25) is 5.95 Å². The average Bonchev–Trinajstić information content (AvgIpc) is 2.72. The lowest BCUT2D eigenvalue weighted by molar-refractivity contribution is 0.583. The van der Waals surface area contributed by atoms with Crippen molar-refractivity contribution in [2.24, 2.45) is 0 Å². The van der Waals surface area contributed by atoms with E-state index >= 15 is 0 Å². The molecule has 0 amide bonds. The van der Waals surface area contributed by atoms with Crippen molar-refractivity contribution in [3.8, 4) is 0 Å². The van der Waals surface area contributed by atoms with Crippen molar-refractivity contribution in [2.45, 2.75) is 25.8 Å². The molecule has 0 bridgehead atoms. The molecule has 0 radical (unpaired) electrons. The van der Waals surface area contributed by atoms with Crippen molar-refractivity contribution in [1.29, 1.82) is 0 Å². The fraction of sp³-hybridized carbons (Fsp3) is 0.267. The van der Waals surface area contributed by atoms with E-state index in [1.807, 2.05) is 0 Å². The molecule has 0 aliphatic heterocycles. The van der Waals surface area contributed by atoms with Gasteiger partial charge in [0.05, 0.1) is 6.04 Å². The van der Waals surface area contributed by atoms with Gasteiger partial charge in [-0.15, -0.1) is 0 Å². The summed E-state index contributed by atoms with van der Waals surface area (Å²) in [5, 5.41) is 3.31. The third kappa shape index (κ3) is 2.08. The van der Waals surface area contributed by atoms with Crippen LogP contribution in [0.4, 0.5) is 10.2 Å². The molecule has 1 aromatic heterocycles. The molecule has 92 valence electrons. The maximum absolute atomic E-state index is 13.1. The molecular formula is C15H15FN2. The Labute approximate surface area is 106 Å². The second-order valence-electron chi connectivity index (χ2n) is 4.78. The molecule has 1 heterocycles. The Bertz CT molecular complexity index is 580. The molecule has 0 saturated heterocycles. The summed E-state index contributed by atoms with van der Waals surface area (Å²) in [6, 6.07) is 11.6. The fourth-order valence-corrected chi connectivity index (χ4v) is 2.54. The van der Waals surface area contributed by atoms with Crippen LogP contribution in [0, 0.1) is 12.9 Å². The molecule has 0 fully saturated rings. The van der Waals surface area contributed by atoms with E-state index in [1.165, 1.54) is 22.8 Å². The van der Waals surface area contributed by atoms with Gasteiger partial charge in [-0.2, -0.15) is 4.39 Å². The highest BCUT2D eigenvalue weighted by atomic mass is 19.1. The second-order valence-corrected chi connectivity index (χ2v) is 4.78. The highest BCUT2D eigenvalue weighted by molar-refractivity contribution is 5.44. The van der Waals surface area contributed by atoms with Gasteiger partial charge in [0, 0.05) is 0 Å². The molecule has 1 aromatic carbocycles. The highest BCUT2D eigenvalue weighted by Gasteiger charge is 2.22. The molecule has 1 aliphatic carbocycles. The predicted octanol–water partition coefficient (Wildman–Crippen LogP) is 3.63. The molecule has 3 heteroatoms. The minimum atomic E-state index is -0.442. The normalized spacial score (nSPS) is 17.6. The summed E-state index contributed by atoms with van der Waals surface area (Å²) in [5.41, 5.74) is 3.96. The number of halogens is 1. The van der Waals surface area contributed by atoms with Crippen LogP contribution in [0.25, 0.3) is 0 Å². The topological polar surface area (TPSA) is 24.9 Å². The number of aromatic nitrogens is 1. The summed E-state index contributed by atoms with van der Waals surface area (Å²) < 4.78 is 13.1. The van der Waals surface area contributed by atoms with Crippen LogP contribution in [0.1, 0.15) is 29.2 Å². The first-order valence-electron chi connectivity index (χ1n) is 6.21. The quantitative estimate of drug-likeness (QED) is 0.813. The number of nitrogens with zero attached hydrogens (tertiary/aromatic N) is 1. The van der Waals surface area contributed by atoms with E-state index < -0.39 is 5.95 Å². The van der Waals surface area contributed by atoms with Gasteiger partial charge in [-0.1, -0.05) is 29.8 Å². The molecule has 1 unspecified atom stereocenters. The van der Waals surface area contributed by atoms with Gasteiger partial charge in [-0.25, -0.2) is 4.98 Å². The lowest BCUT2D eigenvalue weighted by Gasteiger charge is -2.15. The monoisotopic (exact) mass is 242 g/mol. The predicted molar refractivity (Wildman–Crippen MR) is 70.1 cm³/mol. The Kier molecular flexibility index (Phi) is 2.74. The molecule has 2 nitrogen and oxygen atoms in total. The Morgan fingerprint density at radius 3 is 3.00 bits per heavy atom. The zero-order valence-electron chi connectivity index (χ0n) is 10.3. The molecule has 1 aliphatic rings. The molecule has 3 rings (SSSR count). The molecule has 2 aromatic rings. The van der Waals surface area contributed by atoms with E-state index in [1.54, 1.807) is 12.1 Å². The van der Waals surface area contributed by atoms with E-state index in [0.29, 0.717) is 5.82 Å². The Morgan fingerprint density at radius 1 is 1.28 bits per heavy atom. The fourth-order valence-electron chi connectivity index (χ4n) is 2.54. The van der Waals surface area contributed by atoms with Crippen LogP contribution >= 0.6 is 0 Å². The van der Waals surface area contributed by atoms with E-state index in [4.69, 9.17) is 0 Å². The number of hydrogen-bond acceptors (Lipinski definition) is 2. The van der Waals surface area contributed by atoms with Crippen LogP contribution in [-0.2, 0) is 6.42 Å². The standard InChI is InChI=1S/C15H15FN2/c1-10-5-6-11-7-8-13(12(11)9-10)17-15-4-2-3-14(16)18-15/h2-6,9,13H,7-8H2,1H3,(H,17,18). The number of nitrogens with one attached hydrogen (secondary N) is 1. The number of hydrogen-bond donors (Lipinski definition) is 1. The van der Waals surface area contributed by atoms with Crippen LogP contribution in [0.5, 0.6) is 0 Å². The van der Waals surface area contributed by atoms with Gasteiger partial charge in [-0.3, -0.25) is 0 Å². The van der Waals surface area contributed by atoms with Crippen molar-refractivity contribution in [3.63, 3.8) is 0 Å². The van der Waals surface area contributed by atoms with Crippen molar-refractivity contribution in [3.05, 3.63) is 59.0 Å². The van der Waals surface area contributed by atoms with Gasteiger partial charge in [-0.05, 0) is 43.0 Å². The van der Waals surface area contributed by atoms with Crippen LogP contribution in [0.3, 0.4) is 0 Å². The summed E-state index contributed by atoms with van der Waals surface area (Å²) in [6.07, 6.45) is 2.11. The van der Waals surface area contributed by atoms with E-state index in [2.05, 4.69) is 35.4 Å². The average molecular weight is 242 g/mol. The third-order valence-corrected chi connectivity index (χ3v) is 3.42. The smallest absolute Gasteiger partial charge is 0.214 e. The van der Waals surface area contributed by atoms with Crippen LogP contribution in [0.15, 0.2) is 36.4 Å². The molecule has 0 spiro atoms. The minimum Gasteiger partial charge on any atom is -0.363 e.